The fraction of sp³-hybridized carbons (Fsp3) is 0.526. The number of hydrogen-bond acceptors (Lipinski definition) is 3. The molecule has 5 nitrogen and oxygen atoms in total. The maximum absolute atomic E-state index is 12.2. The highest BCUT2D eigenvalue weighted by molar-refractivity contribution is 5.80. The molecule has 1 aromatic carbocycles. The molecule has 0 aliphatic carbocycles. The van der Waals surface area contributed by atoms with Gasteiger partial charge in [0.2, 0.25) is 5.91 Å². The molecule has 2 saturated heterocycles. The van der Waals surface area contributed by atoms with Gasteiger partial charge in [-0.1, -0.05) is 18.2 Å². The Bertz CT molecular complexity index is 711. The fourth-order valence-corrected chi connectivity index (χ4v) is 3.88. The standard InChI is InChI=1S/C19H25N3O2/c23-19(8-11-21-10-7-15-4-1-2-6-18(15)21)20-12-17-13-22-9-3-5-16(22)14-24-17/h1-2,4,6-7,10,16-17H,3,5,8-9,11-14H2,(H,20,23)/t16-,17-/m0/s1. The van der Waals surface area contributed by atoms with Gasteiger partial charge in [-0.2, -0.15) is 0 Å². The first kappa shape index (κ1) is 15.7. The van der Waals surface area contributed by atoms with Gasteiger partial charge in [-0.05, 0) is 36.9 Å². The Balaban J connectivity index is 1.24. The van der Waals surface area contributed by atoms with Crippen molar-refractivity contribution < 1.29 is 9.53 Å². The number of morpholine rings is 1. The van der Waals surface area contributed by atoms with E-state index in [1.54, 1.807) is 0 Å². The summed E-state index contributed by atoms with van der Waals surface area (Å²) in [5.41, 5.74) is 1.18. The molecule has 4 rings (SSSR count). The quantitative estimate of drug-likeness (QED) is 0.914. The molecule has 1 amide bonds. The summed E-state index contributed by atoms with van der Waals surface area (Å²) in [7, 11) is 0. The van der Waals surface area contributed by atoms with Crippen LogP contribution in [0.1, 0.15) is 19.3 Å². The molecule has 3 heterocycles. The number of ether oxygens (including phenoxy) is 1. The van der Waals surface area contributed by atoms with Crippen molar-refractivity contribution in [3.05, 3.63) is 36.5 Å². The first-order valence-corrected chi connectivity index (χ1v) is 8.96. The van der Waals surface area contributed by atoms with Gasteiger partial charge in [-0.15, -0.1) is 0 Å². The van der Waals surface area contributed by atoms with Crippen molar-refractivity contribution in [1.29, 1.82) is 0 Å². The van der Waals surface area contributed by atoms with Crippen LogP contribution in [0.15, 0.2) is 36.5 Å². The molecule has 0 radical (unpaired) electrons. The Morgan fingerprint density at radius 2 is 2.21 bits per heavy atom. The second-order valence-electron chi connectivity index (χ2n) is 6.87. The smallest absolute Gasteiger partial charge is 0.221 e. The van der Waals surface area contributed by atoms with Crippen LogP contribution in [-0.2, 0) is 16.1 Å². The van der Waals surface area contributed by atoms with Crippen LogP contribution in [-0.4, -0.2) is 53.8 Å². The van der Waals surface area contributed by atoms with E-state index in [-0.39, 0.29) is 12.0 Å². The third-order valence-electron chi connectivity index (χ3n) is 5.25. The van der Waals surface area contributed by atoms with E-state index < -0.39 is 0 Å². The summed E-state index contributed by atoms with van der Waals surface area (Å²) in [6, 6.07) is 11.0. The van der Waals surface area contributed by atoms with E-state index in [1.807, 2.05) is 12.1 Å². The van der Waals surface area contributed by atoms with E-state index in [9.17, 15) is 4.79 Å². The number of para-hydroxylation sites is 1. The third-order valence-corrected chi connectivity index (χ3v) is 5.25. The van der Waals surface area contributed by atoms with Crippen LogP contribution >= 0.6 is 0 Å². The Hall–Kier alpha value is -1.85. The number of amides is 1. The number of hydrogen-bond donors (Lipinski definition) is 1. The summed E-state index contributed by atoms with van der Waals surface area (Å²) in [6.45, 7) is 4.27. The number of benzene rings is 1. The van der Waals surface area contributed by atoms with Gasteiger partial charge < -0.3 is 14.6 Å². The van der Waals surface area contributed by atoms with Crippen molar-refractivity contribution in [2.24, 2.45) is 0 Å². The molecule has 24 heavy (non-hydrogen) atoms. The van der Waals surface area contributed by atoms with Gasteiger partial charge in [0.05, 0.1) is 12.7 Å². The van der Waals surface area contributed by atoms with E-state index >= 15 is 0 Å². The molecule has 0 bridgehead atoms. The fourth-order valence-electron chi connectivity index (χ4n) is 3.88. The van der Waals surface area contributed by atoms with Gasteiger partial charge in [-0.25, -0.2) is 0 Å². The molecule has 2 fully saturated rings. The van der Waals surface area contributed by atoms with Crippen LogP contribution in [0, 0.1) is 0 Å². The Labute approximate surface area is 142 Å². The largest absolute Gasteiger partial charge is 0.373 e. The number of fused-ring (bicyclic) bond motifs is 2. The minimum atomic E-state index is 0.0972. The molecule has 0 spiro atoms. The maximum Gasteiger partial charge on any atom is 0.221 e. The topological polar surface area (TPSA) is 46.5 Å². The molecule has 5 heteroatoms. The molecule has 1 N–H and O–H groups in total. The van der Waals surface area contributed by atoms with E-state index in [4.69, 9.17) is 4.74 Å². The first-order chi connectivity index (χ1) is 11.8. The number of nitrogens with one attached hydrogen (secondary N) is 1. The molecule has 2 atom stereocenters. The second-order valence-corrected chi connectivity index (χ2v) is 6.87. The summed E-state index contributed by atoms with van der Waals surface area (Å²) in [4.78, 5) is 14.7. The lowest BCUT2D eigenvalue weighted by atomic mass is 10.2. The van der Waals surface area contributed by atoms with Crippen LogP contribution in [0.4, 0.5) is 0 Å². The average Bonchev–Trinajstić information content (AvgIpc) is 3.24. The maximum atomic E-state index is 12.2. The van der Waals surface area contributed by atoms with Crippen molar-refractivity contribution in [3.63, 3.8) is 0 Å². The van der Waals surface area contributed by atoms with Crippen molar-refractivity contribution in [2.45, 2.75) is 38.0 Å². The lowest BCUT2D eigenvalue weighted by molar-refractivity contribution is -0.122. The zero-order valence-electron chi connectivity index (χ0n) is 14.0. The van der Waals surface area contributed by atoms with Crippen LogP contribution in [0.25, 0.3) is 10.9 Å². The highest BCUT2D eigenvalue weighted by Gasteiger charge is 2.32. The number of rotatable bonds is 5. The van der Waals surface area contributed by atoms with E-state index in [0.29, 0.717) is 25.6 Å². The number of nitrogens with zero attached hydrogens (tertiary/aromatic N) is 2. The van der Waals surface area contributed by atoms with Crippen LogP contribution in [0.2, 0.25) is 0 Å². The molecule has 2 aliphatic heterocycles. The average molecular weight is 327 g/mol. The second kappa shape index (κ2) is 6.95. The zero-order valence-corrected chi connectivity index (χ0v) is 14.0. The van der Waals surface area contributed by atoms with Crippen molar-refractivity contribution in [1.82, 2.24) is 14.8 Å². The Morgan fingerprint density at radius 3 is 3.17 bits per heavy atom. The number of carbonyl (C=O) groups excluding carboxylic acids is 1. The van der Waals surface area contributed by atoms with Gasteiger partial charge in [-0.3, -0.25) is 9.69 Å². The highest BCUT2D eigenvalue weighted by Crippen LogP contribution is 2.22. The Kier molecular flexibility index (Phi) is 4.54. The third kappa shape index (κ3) is 3.32. The Morgan fingerprint density at radius 1 is 1.29 bits per heavy atom. The summed E-state index contributed by atoms with van der Waals surface area (Å²) < 4.78 is 8.03. The van der Waals surface area contributed by atoms with Gasteiger partial charge in [0.15, 0.2) is 0 Å². The molecular weight excluding hydrogens is 302 g/mol. The molecule has 2 aromatic rings. The van der Waals surface area contributed by atoms with Gasteiger partial charge in [0.25, 0.3) is 0 Å². The molecule has 128 valence electrons. The van der Waals surface area contributed by atoms with Gasteiger partial charge in [0.1, 0.15) is 0 Å². The molecule has 0 unspecified atom stereocenters. The summed E-state index contributed by atoms with van der Waals surface area (Å²) in [6.07, 6.45) is 5.21. The van der Waals surface area contributed by atoms with Crippen LogP contribution in [0.3, 0.4) is 0 Å². The summed E-state index contributed by atoms with van der Waals surface area (Å²) in [5, 5.41) is 4.26. The van der Waals surface area contributed by atoms with Crippen LogP contribution < -0.4 is 5.32 Å². The van der Waals surface area contributed by atoms with Crippen molar-refractivity contribution in [2.75, 3.05) is 26.2 Å². The molecule has 2 aliphatic rings. The van der Waals surface area contributed by atoms with Gasteiger partial charge >= 0.3 is 0 Å². The first-order valence-electron chi connectivity index (χ1n) is 8.96. The normalized spacial score (nSPS) is 24.2. The van der Waals surface area contributed by atoms with Crippen molar-refractivity contribution in [3.8, 4) is 0 Å². The zero-order chi connectivity index (χ0) is 16.4. The SMILES string of the molecule is O=C(CCn1ccc2ccccc21)NC[C@H]1CN2CCC[C@H]2CO1. The summed E-state index contributed by atoms with van der Waals surface area (Å²) in [5.74, 6) is 0.0972. The predicted octanol–water partition coefficient (Wildman–Crippen LogP) is 2.01. The minimum Gasteiger partial charge on any atom is -0.373 e. The molecule has 0 saturated carbocycles. The lowest BCUT2D eigenvalue weighted by Crippen LogP contribution is -2.50. The molecule has 1 aromatic heterocycles. The van der Waals surface area contributed by atoms with Crippen LogP contribution in [0.5, 0.6) is 0 Å². The van der Waals surface area contributed by atoms with E-state index in [0.717, 1.165) is 13.2 Å². The lowest BCUT2D eigenvalue weighted by Gasteiger charge is -2.35. The molecular formula is C19H25N3O2. The summed E-state index contributed by atoms with van der Waals surface area (Å²) >= 11 is 0. The number of carbonyl (C=O) groups is 1. The number of aryl methyl sites for hydroxylation is 1. The van der Waals surface area contributed by atoms with Gasteiger partial charge in [0, 0.05) is 43.8 Å². The monoisotopic (exact) mass is 327 g/mol. The minimum absolute atomic E-state index is 0.0972. The van der Waals surface area contributed by atoms with E-state index in [2.05, 4.69) is 39.2 Å². The van der Waals surface area contributed by atoms with Crippen molar-refractivity contribution >= 4 is 16.8 Å². The van der Waals surface area contributed by atoms with E-state index in [1.165, 1.54) is 30.3 Å². The highest BCUT2D eigenvalue weighted by atomic mass is 16.5. The number of aromatic nitrogens is 1. The predicted molar refractivity (Wildman–Crippen MR) is 93.9 cm³/mol.